The number of unbranched alkanes of at least 4 members (excludes halogenated alkanes) is 2. The van der Waals surface area contributed by atoms with Crippen molar-refractivity contribution >= 4 is 5.69 Å². The molecule has 0 aliphatic carbocycles. The molecule has 0 aromatic heterocycles. The van der Waals surface area contributed by atoms with Gasteiger partial charge in [0.2, 0.25) is 0 Å². The molecule has 2 nitrogen and oxygen atoms in total. The number of para-hydroxylation sites is 1. The van der Waals surface area contributed by atoms with Crippen molar-refractivity contribution in [2.45, 2.75) is 52.1 Å². The summed E-state index contributed by atoms with van der Waals surface area (Å²) in [5.41, 5.74) is 2.89. The third-order valence-corrected chi connectivity index (χ3v) is 3.88. The van der Waals surface area contributed by atoms with E-state index in [1.165, 1.54) is 43.5 Å². The van der Waals surface area contributed by atoms with Crippen molar-refractivity contribution in [3.63, 3.8) is 0 Å². The second-order valence-electron chi connectivity index (χ2n) is 5.27. The smallest absolute Gasteiger partial charge is 0.0412 e. The molecular weight excluding hydrogens is 220 g/mol. The number of benzene rings is 1. The first kappa shape index (κ1) is 13.4. The lowest BCUT2D eigenvalue weighted by molar-refractivity contribution is 0.499. The lowest BCUT2D eigenvalue weighted by Gasteiger charge is -2.27. The summed E-state index contributed by atoms with van der Waals surface area (Å²) in [6, 6.07) is 9.47. The van der Waals surface area contributed by atoms with Crippen molar-refractivity contribution < 1.29 is 0 Å². The number of hydrogen-bond acceptors (Lipinski definition) is 2. The topological polar surface area (TPSA) is 15.3 Å². The van der Waals surface area contributed by atoms with Crippen LogP contribution in [0, 0.1) is 0 Å². The highest BCUT2D eigenvalue weighted by atomic mass is 15.2. The number of anilines is 1. The van der Waals surface area contributed by atoms with Gasteiger partial charge in [-0.05, 0) is 24.5 Å². The molecule has 0 bridgehead atoms. The van der Waals surface area contributed by atoms with E-state index in [4.69, 9.17) is 0 Å². The molecule has 0 spiro atoms. The molecule has 0 amide bonds. The summed E-state index contributed by atoms with van der Waals surface area (Å²) in [4.78, 5) is 2.58. The Morgan fingerprint density at radius 1 is 1.22 bits per heavy atom. The Morgan fingerprint density at radius 2 is 2.06 bits per heavy atom. The summed E-state index contributed by atoms with van der Waals surface area (Å²) in [7, 11) is 0. The Kier molecular flexibility index (Phi) is 5.06. The van der Waals surface area contributed by atoms with E-state index in [0.29, 0.717) is 6.04 Å². The van der Waals surface area contributed by atoms with E-state index in [9.17, 15) is 0 Å². The molecule has 2 rings (SSSR count). The molecule has 1 N–H and O–H groups in total. The predicted octanol–water partition coefficient (Wildman–Crippen LogP) is 3.57. The maximum atomic E-state index is 3.67. The molecule has 1 aliphatic heterocycles. The van der Waals surface area contributed by atoms with Crippen LogP contribution in [0.15, 0.2) is 24.3 Å². The maximum absolute atomic E-state index is 3.67. The zero-order valence-electron chi connectivity index (χ0n) is 11.8. The minimum Gasteiger partial charge on any atom is -0.370 e. The summed E-state index contributed by atoms with van der Waals surface area (Å²) in [6.45, 7) is 7.91. The quantitative estimate of drug-likeness (QED) is 0.799. The van der Waals surface area contributed by atoms with E-state index >= 15 is 0 Å². The van der Waals surface area contributed by atoms with Gasteiger partial charge in [0, 0.05) is 31.4 Å². The van der Waals surface area contributed by atoms with E-state index in [-0.39, 0.29) is 0 Å². The fourth-order valence-electron chi connectivity index (χ4n) is 2.69. The van der Waals surface area contributed by atoms with Gasteiger partial charge in [-0.15, -0.1) is 0 Å². The van der Waals surface area contributed by atoms with Crippen molar-refractivity contribution in [1.82, 2.24) is 5.32 Å². The minimum atomic E-state index is 0.624. The molecule has 2 heteroatoms. The highest BCUT2D eigenvalue weighted by Crippen LogP contribution is 2.24. The summed E-state index contributed by atoms with van der Waals surface area (Å²) in [5.74, 6) is 0. The zero-order valence-corrected chi connectivity index (χ0v) is 11.8. The van der Waals surface area contributed by atoms with Crippen molar-refractivity contribution in [3.8, 4) is 0 Å². The lowest BCUT2D eigenvalue weighted by Crippen LogP contribution is -2.38. The molecule has 1 atom stereocenters. The van der Waals surface area contributed by atoms with Crippen molar-refractivity contribution in [2.24, 2.45) is 0 Å². The zero-order chi connectivity index (χ0) is 12.8. The van der Waals surface area contributed by atoms with Gasteiger partial charge < -0.3 is 10.2 Å². The molecule has 1 unspecified atom stereocenters. The summed E-state index contributed by atoms with van der Waals surface area (Å²) in [6.07, 6.45) is 5.15. The van der Waals surface area contributed by atoms with Gasteiger partial charge in [0.25, 0.3) is 0 Å². The monoisotopic (exact) mass is 246 g/mol. The molecule has 100 valence electrons. The van der Waals surface area contributed by atoms with Crippen LogP contribution in [0.5, 0.6) is 0 Å². The standard InChI is InChI=1S/C16H26N2/c1-3-5-8-11-18-13-15(4-2)17-12-14-9-6-7-10-16(14)18/h6-7,9-10,15,17H,3-5,8,11-13H2,1-2H3. The first-order valence-electron chi connectivity index (χ1n) is 7.41. The second kappa shape index (κ2) is 6.79. The summed E-state index contributed by atoms with van der Waals surface area (Å²) in [5, 5.41) is 3.67. The number of nitrogens with zero attached hydrogens (tertiary/aromatic N) is 1. The van der Waals surface area contributed by atoms with Gasteiger partial charge in [-0.3, -0.25) is 0 Å². The van der Waals surface area contributed by atoms with E-state index < -0.39 is 0 Å². The molecule has 0 saturated heterocycles. The molecular formula is C16H26N2. The Morgan fingerprint density at radius 3 is 2.83 bits per heavy atom. The summed E-state index contributed by atoms with van der Waals surface area (Å²) >= 11 is 0. The third kappa shape index (κ3) is 3.26. The van der Waals surface area contributed by atoms with E-state index in [0.717, 1.165) is 13.1 Å². The van der Waals surface area contributed by atoms with Crippen LogP contribution in [-0.4, -0.2) is 19.1 Å². The maximum Gasteiger partial charge on any atom is 0.0412 e. The molecule has 0 saturated carbocycles. The van der Waals surface area contributed by atoms with Crippen LogP contribution in [0.25, 0.3) is 0 Å². The SMILES string of the molecule is CCCCCN1CC(CC)NCc2ccccc21. The van der Waals surface area contributed by atoms with Crippen molar-refractivity contribution in [1.29, 1.82) is 0 Å². The largest absolute Gasteiger partial charge is 0.370 e. The fourth-order valence-corrected chi connectivity index (χ4v) is 2.69. The highest BCUT2D eigenvalue weighted by molar-refractivity contribution is 5.54. The van der Waals surface area contributed by atoms with Crippen LogP contribution in [0.1, 0.15) is 45.1 Å². The number of hydrogen-bond donors (Lipinski definition) is 1. The predicted molar refractivity (Wildman–Crippen MR) is 79.1 cm³/mol. The Hall–Kier alpha value is -1.02. The van der Waals surface area contributed by atoms with Crippen molar-refractivity contribution in [3.05, 3.63) is 29.8 Å². The average Bonchev–Trinajstić information content (AvgIpc) is 2.59. The molecule has 0 radical (unpaired) electrons. The lowest BCUT2D eigenvalue weighted by atomic mass is 10.1. The molecule has 1 aliphatic rings. The van der Waals surface area contributed by atoms with Gasteiger partial charge in [0.05, 0.1) is 0 Å². The van der Waals surface area contributed by atoms with Crippen LogP contribution in [0.2, 0.25) is 0 Å². The van der Waals surface area contributed by atoms with E-state index in [1.807, 2.05) is 0 Å². The van der Waals surface area contributed by atoms with Crippen LogP contribution in [0.4, 0.5) is 5.69 Å². The summed E-state index contributed by atoms with van der Waals surface area (Å²) < 4.78 is 0. The van der Waals surface area contributed by atoms with Crippen LogP contribution in [0.3, 0.4) is 0 Å². The minimum absolute atomic E-state index is 0.624. The Balaban J connectivity index is 2.12. The van der Waals surface area contributed by atoms with E-state index in [2.05, 4.69) is 48.3 Å². The molecule has 1 heterocycles. The Bertz CT molecular complexity index is 362. The first-order valence-corrected chi connectivity index (χ1v) is 7.41. The Labute approximate surface area is 111 Å². The number of nitrogens with one attached hydrogen (secondary N) is 1. The van der Waals surface area contributed by atoms with Gasteiger partial charge >= 0.3 is 0 Å². The molecule has 18 heavy (non-hydrogen) atoms. The molecule has 1 aromatic rings. The number of fused-ring (bicyclic) bond motifs is 1. The average molecular weight is 246 g/mol. The van der Waals surface area contributed by atoms with Gasteiger partial charge in [0.1, 0.15) is 0 Å². The molecule has 0 fully saturated rings. The normalized spacial score (nSPS) is 19.4. The van der Waals surface area contributed by atoms with Gasteiger partial charge in [0.15, 0.2) is 0 Å². The second-order valence-corrected chi connectivity index (χ2v) is 5.27. The van der Waals surface area contributed by atoms with Gasteiger partial charge in [-0.25, -0.2) is 0 Å². The first-order chi connectivity index (χ1) is 8.85. The van der Waals surface area contributed by atoms with Gasteiger partial charge in [-0.2, -0.15) is 0 Å². The van der Waals surface area contributed by atoms with Crippen molar-refractivity contribution in [2.75, 3.05) is 18.0 Å². The highest BCUT2D eigenvalue weighted by Gasteiger charge is 2.19. The van der Waals surface area contributed by atoms with E-state index in [1.54, 1.807) is 0 Å². The fraction of sp³-hybridized carbons (Fsp3) is 0.625. The van der Waals surface area contributed by atoms with Crippen LogP contribution < -0.4 is 10.2 Å². The third-order valence-electron chi connectivity index (χ3n) is 3.88. The van der Waals surface area contributed by atoms with Crippen LogP contribution >= 0.6 is 0 Å². The van der Waals surface area contributed by atoms with Gasteiger partial charge in [-0.1, -0.05) is 44.9 Å². The molecule has 1 aromatic carbocycles. The van der Waals surface area contributed by atoms with Crippen LogP contribution in [-0.2, 0) is 6.54 Å². The number of rotatable bonds is 5.